The minimum atomic E-state index is 0.846. The van der Waals surface area contributed by atoms with Crippen molar-refractivity contribution in [3.63, 3.8) is 0 Å². The molecule has 0 saturated heterocycles. The molecular formula is C10H9O. The largest absolute Gasteiger partial charge is 0.497 e. The molecule has 0 atom stereocenters. The Labute approximate surface area is 67.0 Å². The van der Waals surface area contributed by atoms with E-state index in [-0.39, 0.29) is 0 Å². The van der Waals surface area contributed by atoms with Crippen molar-refractivity contribution in [2.45, 2.75) is 0 Å². The van der Waals surface area contributed by atoms with Gasteiger partial charge in [0, 0.05) is 0 Å². The van der Waals surface area contributed by atoms with Crippen LogP contribution in [0.2, 0.25) is 0 Å². The molecule has 0 aliphatic heterocycles. The molecule has 1 aromatic carbocycles. The average Bonchev–Trinajstić information content (AvgIpc) is 2.07. The number of rotatable bonds is 2. The van der Waals surface area contributed by atoms with Crippen LogP contribution in [0.1, 0.15) is 5.56 Å². The summed E-state index contributed by atoms with van der Waals surface area (Å²) in [5.74, 6) is 3.30. The second-order valence-corrected chi connectivity index (χ2v) is 2.08. The van der Waals surface area contributed by atoms with Gasteiger partial charge in [0.15, 0.2) is 0 Å². The van der Waals surface area contributed by atoms with E-state index in [1.165, 1.54) is 0 Å². The number of hydrogen-bond donors (Lipinski definition) is 0. The fraction of sp³-hybridized carbons (Fsp3) is 0.100. The molecule has 1 rings (SSSR count). The molecule has 0 aromatic heterocycles. The Kier molecular flexibility index (Phi) is 2.57. The van der Waals surface area contributed by atoms with Crippen molar-refractivity contribution in [1.29, 1.82) is 0 Å². The highest BCUT2D eigenvalue weighted by Crippen LogP contribution is 2.11. The highest BCUT2D eigenvalue weighted by molar-refractivity contribution is 5.35. The molecular weight excluding hydrogens is 136 g/mol. The van der Waals surface area contributed by atoms with E-state index in [9.17, 15) is 0 Å². The Balaban J connectivity index is 2.76. The molecule has 0 amide bonds. The molecule has 11 heavy (non-hydrogen) atoms. The van der Waals surface area contributed by atoms with Crippen LogP contribution in [0, 0.1) is 18.8 Å². The minimum absolute atomic E-state index is 0.846. The molecule has 0 N–H and O–H groups in total. The third-order valence-corrected chi connectivity index (χ3v) is 1.37. The molecule has 0 aliphatic rings. The predicted octanol–water partition coefficient (Wildman–Crippen LogP) is 1.88. The third-order valence-electron chi connectivity index (χ3n) is 1.37. The summed E-state index contributed by atoms with van der Waals surface area (Å²) in [6.45, 7) is 0. The van der Waals surface area contributed by atoms with Crippen LogP contribution in [0.15, 0.2) is 24.3 Å². The van der Waals surface area contributed by atoms with Gasteiger partial charge in [-0.15, -0.1) is 6.42 Å². The van der Waals surface area contributed by atoms with E-state index in [1.54, 1.807) is 13.5 Å². The van der Waals surface area contributed by atoms with Gasteiger partial charge in [0.2, 0.25) is 0 Å². The summed E-state index contributed by atoms with van der Waals surface area (Å²) in [6.07, 6.45) is 6.80. The molecule has 1 aromatic rings. The second kappa shape index (κ2) is 3.68. The number of benzene rings is 1. The van der Waals surface area contributed by atoms with Crippen LogP contribution in [0.5, 0.6) is 5.75 Å². The average molecular weight is 145 g/mol. The predicted molar refractivity (Wildman–Crippen MR) is 45.2 cm³/mol. The Hall–Kier alpha value is -1.42. The second-order valence-electron chi connectivity index (χ2n) is 2.08. The summed E-state index contributed by atoms with van der Waals surface area (Å²) in [7, 11) is 1.64. The van der Waals surface area contributed by atoms with Crippen LogP contribution < -0.4 is 4.74 Å². The molecule has 1 radical (unpaired) electrons. The zero-order chi connectivity index (χ0) is 8.10. The Morgan fingerprint density at radius 2 is 2.00 bits per heavy atom. The van der Waals surface area contributed by atoms with Gasteiger partial charge in [-0.2, -0.15) is 0 Å². The lowest BCUT2D eigenvalue weighted by Crippen LogP contribution is -1.82. The first kappa shape index (κ1) is 7.68. The van der Waals surface area contributed by atoms with Gasteiger partial charge in [-0.05, 0) is 17.7 Å². The number of ether oxygens (including phenoxy) is 1. The van der Waals surface area contributed by atoms with Crippen molar-refractivity contribution < 1.29 is 4.74 Å². The van der Waals surface area contributed by atoms with E-state index in [0.717, 1.165) is 11.3 Å². The number of methoxy groups -OCH3 is 1. The minimum Gasteiger partial charge on any atom is -0.497 e. The third kappa shape index (κ3) is 2.01. The van der Waals surface area contributed by atoms with Crippen molar-refractivity contribution in [1.82, 2.24) is 0 Å². The molecule has 0 unspecified atom stereocenters. The molecule has 0 aliphatic carbocycles. The van der Waals surface area contributed by atoms with Crippen LogP contribution >= 0.6 is 0 Å². The van der Waals surface area contributed by atoms with Gasteiger partial charge in [-0.25, -0.2) is 0 Å². The molecule has 1 heteroatoms. The Morgan fingerprint density at radius 3 is 2.45 bits per heavy atom. The van der Waals surface area contributed by atoms with Gasteiger partial charge in [0.1, 0.15) is 5.75 Å². The molecule has 0 fully saturated rings. The maximum Gasteiger partial charge on any atom is 0.118 e. The number of hydrogen-bond acceptors (Lipinski definition) is 1. The van der Waals surface area contributed by atoms with E-state index >= 15 is 0 Å². The first-order valence-electron chi connectivity index (χ1n) is 3.30. The highest BCUT2D eigenvalue weighted by atomic mass is 16.5. The first-order valence-corrected chi connectivity index (χ1v) is 3.30. The fourth-order valence-corrected chi connectivity index (χ4v) is 0.796. The summed E-state index contributed by atoms with van der Waals surface area (Å²) < 4.78 is 4.98. The zero-order valence-electron chi connectivity index (χ0n) is 6.37. The highest BCUT2D eigenvalue weighted by Gasteiger charge is 1.90. The summed E-state index contributed by atoms with van der Waals surface area (Å²) in [6, 6.07) is 7.59. The maximum atomic E-state index is 5.09. The topological polar surface area (TPSA) is 9.23 Å². The van der Waals surface area contributed by atoms with Crippen molar-refractivity contribution >= 4 is 0 Å². The number of terminal acetylenes is 1. The van der Waals surface area contributed by atoms with Crippen LogP contribution in [0.4, 0.5) is 0 Å². The van der Waals surface area contributed by atoms with Crippen LogP contribution in [0.3, 0.4) is 0 Å². The van der Waals surface area contributed by atoms with Gasteiger partial charge >= 0.3 is 0 Å². The lowest BCUT2D eigenvalue weighted by Gasteiger charge is -1.98. The van der Waals surface area contributed by atoms with E-state index in [1.807, 2.05) is 24.3 Å². The molecule has 0 heterocycles. The van der Waals surface area contributed by atoms with Crippen molar-refractivity contribution in [3.05, 3.63) is 36.2 Å². The van der Waals surface area contributed by atoms with Crippen LogP contribution in [-0.4, -0.2) is 7.11 Å². The van der Waals surface area contributed by atoms with Crippen molar-refractivity contribution in [3.8, 4) is 18.1 Å². The van der Waals surface area contributed by atoms with Crippen LogP contribution in [0.25, 0.3) is 0 Å². The van der Waals surface area contributed by atoms with Gasteiger partial charge in [0.25, 0.3) is 0 Å². The summed E-state index contributed by atoms with van der Waals surface area (Å²) >= 11 is 0. The van der Waals surface area contributed by atoms with E-state index < -0.39 is 0 Å². The normalized spacial score (nSPS) is 8.73. The summed E-state index contributed by atoms with van der Waals surface area (Å²) in [4.78, 5) is 0. The standard InChI is InChI=1S/C10H9O/c1-3-4-9-5-7-10(11-2)8-6-9/h1,4-8H,2H3. The lowest BCUT2D eigenvalue weighted by molar-refractivity contribution is 0.414. The monoisotopic (exact) mass is 145 g/mol. The maximum absolute atomic E-state index is 5.09. The fourth-order valence-electron chi connectivity index (χ4n) is 0.796. The van der Waals surface area contributed by atoms with Crippen LogP contribution in [-0.2, 0) is 0 Å². The van der Waals surface area contributed by atoms with Crippen molar-refractivity contribution in [2.24, 2.45) is 0 Å². The Morgan fingerprint density at radius 1 is 1.36 bits per heavy atom. The van der Waals surface area contributed by atoms with Gasteiger partial charge in [-0.1, -0.05) is 18.1 Å². The summed E-state index contributed by atoms with van der Waals surface area (Å²) in [5, 5.41) is 0. The molecule has 0 bridgehead atoms. The van der Waals surface area contributed by atoms with Gasteiger partial charge < -0.3 is 4.74 Å². The SMILES string of the molecule is C#C[CH]c1ccc(OC)cc1. The molecule has 55 valence electrons. The smallest absolute Gasteiger partial charge is 0.118 e. The molecule has 0 spiro atoms. The summed E-state index contributed by atoms with van der Waals surface area (Å²) in [5.41, 5.74) is 1.02. The van der Waals surface area contributed by atoms with Gasteiger partial charge in [0.05, 0.1) is 13.5 Å². The molecule has 1 nitrogen and oxygen atoms in total. The quantitative estimate of drug-likeness (QED) is 0.577. The van der Waals surface area contributed by atoms with Crippen molar-refractivity contribution in [2.75, 3.05) is 7.11 Å². The Bertz CT molecular complexity index is 253. The zero-order valence-corrected chi connectivity index (χ0v) is 6.37. The van der Waals surface area contributed by atoms with Gasteiger partial charge in [-0.3, -0.25) is 0 Å². The molecule has 0 saturated carbocycles. The first-order chi connectivity index (χ1) is 5.36. The lowest BCUT2D eigenvalue weighted by atomic mass is 10.1. The van der Waals surface area contributed by atoms with E-state index in [4.69, 9.17) is 11.2 Å². The van der Waals surface area contributed by atoms with E-state index in [0.29, 0.717) is 0 Å². The van der Waals surface area contributed by atoms with E-state index in [2.05, 4.69) is 5.92 Å².